The Kier molecular flexibility index (Phi) is 20.2. The Hall–Kier alpha value is -0.0400. The van der Waals surface area contributed by atoms with Gasteiger partial charge in [0.05, 0.1) is 26.7 Å². The second kappa shape index (κ2) is 20.2. The van der Waals surface area contributed by atoms with E-state index in [2.05, 4.69) is 34.7 Å². The summed E-state index contributed by atoms with van der Waals surface area (Å²) < 4.78 is 1.32. The van der Waals surface area contributed by atoms with Crippen molar-refractivity contribution in [1.29, 1.82) is 0 Å². The molecule has 0 radical (unpaired) electrons. The van der Waals surface area contributed by atoms with Gasteiger partial charge in [-0.15, -0.1) is 0 Å². The molecule has 0 rings (SSSR count). The van der Waals surface area contributed by atoms with Crippen molar-refractivity contribution in [1.82, 2.24) is 0 Å². The van der Waals surface area contributed by atoms with Crippen LogP contribution in [0.15, 0.2) is 0 Å². The lowest BCUT2D eigenvalue weighted by molar-refractivity contribution is -0.912. The molecule has 0 aromatic carbocycles. The third-order valence-electron chi connectivity index (χ3n) is 6.41. The Balaban J connectivity index is 3.78. The second-order valence-electron chi connectivity index (χ2n) is 10.3. The number of quaternary nitrogens is 1. The molecule has 170 valence electrons. The molecule has 0 aliphatic rings. The first kappa shape index (κ1) is 28.0. The molecule has 1 nitrogen and oxygen atoms in total. The van der Waals surface area contributed by atoms with Gasteiger partial charge >= 0.3 is 0 Å². The van der Waals surface area contributed by atoms with E-state index in [4.69, 9.17) is 0 Å². The van der Waals surface area contributed by atoms with Gasteiger partial charge in [0.2, 0.25) is 0 Å². The van der Waals surface area contributed by atoms with Crippen molar-refractivity contribution in [2.45, 2.75) is 143 Å². The van der Waals surface area contributed by atoms with Crippen LogP contribution in [0.25, 0.3) is 0 Å². The Bertz CT molecular complexity index is 275. The molecule has 28 heavy (non-hydrogen) atoms. The van der Waals surface area contributed by atoms with Crippen LogP contribution in [0, 0.1) is 5.92 Å². The fourth-order valence-electron chi connectivity index (χ4n) is 4.78. The summed E-state index contributed by atoms with van der Waals surface area (Å²) in [6.07, 6.45) is 26.0. The summed E-state index contributed by atoms with van der Waals surface area (Å²) in [5, 5.41) is 0. The van der Waals surface area contributed by atoms with Crippen LogP contribution in [0.1, 0.15) is 143 Å². The minimum atomic E-state index is 0.821. The Morgan fingerprint density at radius 1 is 0.464 bits per heavy atom. The van der Waals surface area contributed by atoms with Crippen LogP contribution in [0.3, 0.4) is 0 Å². The lowest BCUT2D eigenvalue weighted by Gasteiger charge is -2.36. The predicted molar refractivity (Wildman–Crippen MR) is 130 cm³/mol. The third kappa shape index (κ3) is 19.3. The zero-order valence-corrected chi connectivity index (χ0v) is 20.9. The quantitative estimate of drug-likeness (QED) is 0.126. The van der Waals surface area contributed by atoms with Crippen LogP contribution in [-0.2, 0) is 0 Å². The Labute approximate surface area is 180 Å². The smallest absolute Gasteiger partial charge is 0.0807 e. The van der Waals surface area contributed by atoms with E-state index in [1.807, 2.05) is 0 Å². The van der Waals surface area contributed by atoms with Crippen LogP contribution in [0.2, 0.25) is 0 Å². The van der Waals surface area contributed by atoms with Gasteiger partial charge < -0.3 is 4.48 Å². The summed E-state index contributed by atoms with van der Waals surface area (Å²) in [5.41, 5.74) is 0. The molecular formula is C27H58N+. The topological polar surface area (TPSA) is 0 Å². The number of rotatable bonds is 22. The van der Waals surface area contributed by atoms with Crippen LogP contribution in [-0.4, -0.2) is 31.2 Å². The summed E-state index contributed by atoms with van der Waals surface area (Å²) in [4.78, 5) is 0. The van der Waals surface area contributed by atoms with Gasteiger partial charge in [-0.25, -0.2) is 0 Å². The van der Waals surface area contributed by atoms with Crippen molar-refractivity contribution < 1.29 is 4.48 Å². The van der Waals surface area contributed by atoms with Crippen molar-refractivity contribution in [2.75, 3.05) is 26.7 Å². The highest BCUT2D eigenvalue weighted by Crippen LogP contribution is 2.17. The molecule has 0 bridgehead atoms. The highest BCUT2D eigenvalue weighted by atomic mass is 15.3. The van der Waals surface area contributed by atoms with Crippen molar-refractivity contribution >= 4 is 0 Å². The molecule has 1 heteroatoms. The van der Waals surface area contributed by atoms with Gasteiger partial charge in [0.25, 0.3) is 0 Å². The molecule has 0 spiro atoms. The van der Waals surface area contributed by atoms with Crippen LogP contribution in [0.5, 0.6) is 0 Å². The monoisotopic (exact) mass is 396 g/mol. The summed E-state index contributed by atoms with van der Waals surface area (Å²) in [6.45, 7) is 13.6. The molecule has 0 heterocycles. The average molecular weight is 397 g/mol. The van der Waals surface area contributed by atoms with E-state index in [0.717, 1.165) is 5.92 Å². The standard InChI is InChI=1S/C27H58N/c1-6-8-10-12-14-16-18-20-22-24-28(5,26-27(3)4)25-23-21-19-17-15-13-11-9-7-2/h27H,6-26H2,1-5H3/q+1. The van der Waals surface area contributed by atoms with Gasteiger partial charge in [0, 0.05) is 5.92 Å². The lowest BCUT2D eigenvalue weighted by Crippen LogP contribution is -2.48. The molecule has 0 saturated heterocycles. The van der Waals surface area contributed by atoms with Gasteiger partial charge in [0.15, 0.2) is 0 Å². The van der Waals surface area contributed by atoms with Crippen molar-refractivity contribution in [3.8, 4) is 0 Å². The fraction of sp³-hybridized carbons (Fsp3) is 1.00. The molecular weight excluding hydrogens is 338 g/mol. The summed E-state index contributed by atoms with van der Waals surface area (Å²) in [7, 11) is 2.54. The van der Waals surface area contributed by atoms with Crippen molar-refractivity contribution in [3.63, 3.8) is 0 Å². The third-order valence-corrected chi connectivity index (χ3v) is 6.41. The average Bonchev–Trinajstić information content (AvgIpc) is 2.65. The van der Waals surface area contributed by atoms with Gasteiger partial charge in [-0.2, -0.15) is 0 Å². The maximum Gasteiger partial charge on any atom is 0.0807 e. The van der Waals surface area contributed by atoms with E-state index in [9.17, 15) is 0 Å². The van der Waals surface area contributed by atoms with E-state index in [1.165, 1.54) is 140 Å². The predicted octanol–water partition coefficient (Wildman–Crippen LogP) is 9.15. The highest BCUT2D eigenvalue weighted by molar-refractivity contribution is 4.52. The molecule has 0 unspecified atom stereocenters. The van der Waals surface area contributed by atoms with Crippen molar-refractivity contribution in [2.24, 2.45) is 5.92 Å². The summed E-state index contributed by atoms with van der Waals surface area (Å²) >= 11 is 0. The summed E-state index contributed by atoms with van der Waals surface area (Å²) in [6, 6.07) is 0. The minimum absolute atomic E-state index is 0.821. The number of hydrogen-bond acceptors (Lipinski definition) is 0. The van der Waals surface area contributed by atoms with E-state index < -0.39 is 0 Å². The molecule has 0 amide bonds. The summed E-state index contributed by atoms with van der Waals surface area (Å²) in [5.74, 6) is 0.821. The molecule has 0 N–H and O–H groups in total. The second-order valence-corrected chi connectivity index (χ2v) is 10.3. The van der Waals surface area contributed by atoms with Crippen molar-refractivity contribution in [3.05, 3.63) is 0 Å². The highest BCUT2D eigenvalue weighted by Gasteiger charge is 2.21. The minimum Gasteiger partial charge on any atom is -0.326 e. The van der Waals surface area contributed by atoms with E-state index >= 15 is 0 Å². The van der Waals surface area contributed by atoms with E-state index in [-0.39, 0.29) is 0 Å². The molecule has 0 aliphatic carbocycles. The SMILES string of the molecule is CCCCCCCCCCC[N+](C)(CCCCCCCCCCC)CC(C)C. The first-order valence-electron chi connectivity index (χ1n) is 13.4. The van der Waals surface area contributed by atoms with Gasteiger partial charge in [-0.05, 0) is 25.7 Å². The van der Waals surface area contributed by atoms with E-state index in [0.29, 0.717) is 0 Å². The molecule has 0 atom stereocenters. The van der Waals surface area contributed by atoms with E-state index in [1.54, 1.807) is 0 Å². The first-order chi connectivity index (χ1) is 13.5. The van der Waals surface area contributed by atoms with Gasteiger partial charge in [0.1, 0.15) is 0 Å². The number of unbranched alkanes of at least 4 members (excludes halogenated alkanes) is 16. The molecule has 0 aromatic heterocycles. The molecule has 0 aliphatic heterocycles. The zero-order chi connectivity index (χ0) is 20.9. The zero-order valence-electron chi connectivity index (χ0n) is 20.9. The van der Waals surface area contributed by atoms with Gasteiger partial charge in [-0.3, -0.25) is 0 Å². The van der Waals surface area contributed by atoms with Crippen LogP contribution in [0.4, 0.5) is 0 Å². The fourth-order valence-corrected chi connectivity index (χ4v) is 4.78. The normalized spacial score (nSPS) is 12.2. The Morgan fingerprint density at radius 2 is 0.750 bits per heavy atom. The largest absolute Gasteiger partial charge is 0.326 e. The maximum atomic E-state index is 2.54. The number of nitrogens with zero attached hydrogens (tertiary/aromatic N) is 1. The first-order valence-corrected chi connectivity index (χ1v) is 13.4. The molecule has 0 fully saturated rings. The van der Waals surface area contributed by atoms with Crippen LogP contribution >= 0.6 is 0 Å². The Morgan fingerprint density at radius 3 is 1.04 bits per heavy atom. The molecule has 0 saturated carbocycles. The number of hydrogen-bond donors (Lipinski definition) is 0. The maximum absolute atomic E-state index is 2.54. The van der Waals surface area contributed by atoms with Crippen LogP contribution < -0.4 is 0 Å². The van der Waals surface area contributed by atoms with Gasteiger partial charge in [-0.1, -0.05) is 118 Å². The lowest BCUT2D eigenvalue weighted by atomic mass is 10.1. The molecule has 0 aromatic rings.